The Balaban J connectivity index is 0.00000140. The van der Waals surface area contributed by atoms with Crippen LogP contribution in [-0.4, -0.2) is 33.3 Å². The summed E-state index contributed by atoms with van der Waals surface area (Å²) < 4.78 is 15.6. The monoisotopic (exact) mass is 423 g/mol. The van der Waals surface area contributed by atoms with E-state index in [0.29, 0.717) is 6.54 Å². The Morgan fingerprint density at radius 2 is 2.00 bits per heavy atom. The zero-order valence-corrected chi connectivity index (χ0v) is 16.9. The Labute approximate surface area is 176 Å². The lowest BCUT2D eigenvalue weighted by Gasteiger charge is -2.26. The topological polar surface area (TPSA) is 50.1 Å². The highest BCUT2D eigenvalue weighted by Crippen LogP contribution is 2.24. The Kier molecular flexibility index (Phi) is 8.01. The first-order chi connectivity index (χ1) is 12.7. The van der Waals surface area contributed by atoms with Crippen LogP contribution in [0.2, 0.25) is 0 Å². The average Bonchev–Trinajstić information content (AvgIpc) is 3.06. The van der Waals surface area contributed by atoms with E-state index in [0.717, 1.165) is 41.5 Å². The van der Waals surface area contributed by atoms with Gasteiger partial charge in [-0.2, -0.15) is 0 Å². The molecule has 28 heavy (non-hydrogen) atoms. The van der Waals surface area contributed by atoms with E-state index in [1.807, 2.05) is 36.7 Å². The molecule has 1 aromatic heterocycles. The van der Waals surface area contributed by atoms with Crippen molar-refractivity contribution in [1.29, 1.82) is 0 Å². The smallest absolute Gasteiger partial charge is 0.123 e. The number of imidazole rings is 1. The number of hydrogen-bond donors (Lipinski definition) is 2. The Hall–Kier alpha value is -1.92. The number of nitrogens with zero attached hydrogens (tertiary/aromatic N) is 2. The van der Waals surface area contributed by atoms with E-state index in [9.17, 15) is 9.50 Å². The van der Waals surface area contributed by atoms with Crippen molar-refractivity contribution < 1.29 is 9.50 Å². The van der Waals surface area contributed by atoms with Crippen molar-refractivity contribution in [3.05, 3.63) is 66.8 Å². The third kappa shape index (κ3) is 4.92. The molecule has 2 aromatic carbocycles. The van der Waals surface area contributed by atoms with Crippen molar-refractivity contribution in [3.8, 4) is 11.1 Å². The maximum Gasteiger partial charge on any atom is 0.123 e. The van der Waals surface area contributed by atoms with Crippen molar-refractivity contribution in [2.75, 3.05) is 6.54 Å². The minimum absolute atomic E-state index is 0. The predicted molar refractivity (Wildman–Crippen MR) is 116 cm³/mol. The van der Waals surface area contributed by atoms with E-state index >= 15 is 0 Å². The average molecular weight is 424 g/mol. The van der Waals surface area contributed by atoms with Crippen molar-refractivity contribution >= 4 is 35.8 Å². The minimum atomic E-state index is -0.320. The molecule has 2 heterocycles. The van der Waals surface area contributed by atoms with Crippen LogP contribution in [0.5, 0.6) is 0 Å². The number of aliphatic hydroxyl groups excluding tert-OH is 1. The molecule has 0 aliphatic carbocycles. The second-order valence-electron chi connectivity index (χ2n) is 6.73. The molecule has 2 N–H and O–H groups in total. The summed E-state index contributed by atoms with van der Waals surface area (Å²) >= 11 is 0. The molecule has 1 saturated heterocycles. The van der Waals surface area contributed by atoms with Crippen molar-refractivity contribution in [2.24, 2.45) is 0 Å². The first-order valence-corrected chi connectivity index (χ1v) is 9.00. The zero-order valence-electron chi connectivity index (χ0n) is 15.3. The molecule has 2 atom stereocenters. The van der Waals surface area contributed by atoms with Gasteiger partial charge in [-0.15, -0.1) is 24.8 Å². The molecule has 4 rings (SSSR count). The van der Waals surface area contributed by atoms with E-state index in [1.54, 1.807) is 6.07 Å². The van der Waals surface area contributed by atoms with Crippen LogP contribution in [0.4, 0.5) is 4.39 Å². The second kappa shape index (κ2) is 10.0. The number of benzene rings is 2. The highest BCUT2D eigenvalue weighted by atomic mass is 35.5. The van der Waals surface area contributed by atoms with Gasteiger partial charge in [-0.05, 0) is 54.8 Å². The number of aliphatic hydroxyl groups is 1. The normalized spacial score (nSPS) is 19.4. The van der Waals surface area contributed by atoms with E-state index in [1.165, 1.54) is 12.1 Å². The zero-order chi connectivity index (χ0) is 17.9. The Morgan fingerprint density at radius 3 is 2.79 bits per heavy atom. The molecule has 0 spiro atoms. The highest BCUT2D eigenvalue weighted by molar-refractivity contribution is 5.85. The van der Waals surface area contributed by atoms with Gasteiger partial charge < -0.3 is 15.0 Å². The van der Waals surface area contributed by atoms with Crippen LogP contribution in [0.15, 0.2) is 60.9 Å². The standard InChI is InChI=1S/C21H22FN3O.2ClH/c22-17-5-1-4-15(12-17)16-8-9-18-20(13-16)25(14-24-18)11-3-6-19-21(26)7-2-10-23-19;;/h1,3-6,8-9,12-14,19,21,23,26H,2,7,10-11H2;2*1H/b6-3+;;/t19-,21+;;/m1../s1. The van der Waals surface area contributed by atoms with Gasteiger partial charge >= 0.3 is 0 Å². The SMILES string of the molecule is Cl.Cl.O[C@H]1CCCN[C@@H]1/C=C/Cn1cnc2ccc(-c3cccc(F)c3)cc21. The number of piperidine rings is 1. The molecular weight excluding hydrogens is 400 g/mol. The van der Waals surface area contributed by atoms with Crippen LogP contribution in [0, 0.1) is 5.82 Å². The second-order valence-corrected chi connectivity index (χ2v) is 6.73. The summed E-state index contributed by atoms with van der Waals surface area (Å²) in [4.78, 5) is 4.44. The van der Waals surface area contributed by atoms with Gasteiger partial charge in [-0.1, -0.05) is 30.4 Å². The minimum Gasteiger partial charge on any atom is -0.391 e. The maximum atomic E-state index is 13.5. The fraction of sp³-hybridized carbons (Fsp3) is 0.286. The summed E-state index contributed by atoms with van der Waals surface area (Å²) in [6.07, 6.45) is 7.44. The lowest BCUT2D eigenvalue weighted by Crippen LogP contribution is -2.43. The summed E-state index contributed by atoms with van der Waals surface area (Å²) in [6.45, 7) is 1.62. The number of hydrogen-bond acceptors (Lipinski definition) is 3. The molecule has 1 aliphatic rings. The van der Waals surface area contributed by atoms with E-state index in [2.05, 4.69) is 20.9 Å². The maximum absolute atomic E-state index is 13.5. The lowest BCUT2D eigenvalue weighted by molar-refractivity contribution is 0.115. The fourth-order valence-electron chi connectivity index (χ4n) is 3.46. The van der Waals surface area contributed by atoms with Gasteiger partial charge in [-0.25, -0.2) is 9.37 Å². The number of aromatic nitrogens is 2. The summed E-state index contributed by atoms with van der Waals surface area (Å²) in [6, 6.07) is 12.6. The van der Waals surface area contributed by atoms with Gasteiger partial charge in [0.1, 0.15) is 5.82 Å². The van der Waals surface area contributed by atoms with Gasteiger partial charge in [0.25, 0.3) is 0 Å². The molecule has 7 heteroatoms. The fourth-order valence-corrected chi connectivity index (χ4v) is 3.46. The summed E-state index contributed by atoms with van der Waals surface area (Å²) in [5.74, 6) is -0.238. The molecule has 4 nitrogen and oxygen atoms in total. The van der Waals surface area contributed by atoms with Crippen LogP contribution >= 0.6 is 24.8 Å². The van der Waals surface area contributed by atoms with Crippen LogP contribution in [0.25, 0.3) is 22.2 Å². The van der Waals surface area contributed by atoms with E-state index in [4.69, 9.17) is 0 Å². The number of rotatable bonds is 4. The van der Waals surface area contributed by atoms with Crippen molar-refractivity contribution in [2.45, 2.75) is 31.5 Å². The van der Waals surface area contributed by atoms with E-state index in [-0.39, 0.29) is 42.8 Å². The summed E-state index contributed by atoms with van der Waals surface area (Å²) in [7, 11) is 0. The Morgan fingerprint density at radius 1 is 1.18 bits per heavy atom. The first-order valence-electron chi connectivity index (χ1n) is 9.00. The first kappa shape index (κ1) is 22.4. The largest absolute Gasteiger partial charge is 0.391 e. The molecule has 0 radical (unpaired) electrons. The van der Waals surface area contributed by atoms with Crippen LogP contribution in [0.1, 0.15) is 12.8 Å². The van der Waals surface area contributed by atoms with Crippen molar-refractivity contribution in [1.82, 2.24) is 14.9 Å². The summed E-state index contributed by atoms with van der Waals surface area (Å²) in [5.41, 5.74) is 3.74. The van der Waals surface area contributed by atoms with Crippen LogP contribution in [-0.2, 0) is 6.54 Å². The lowest BCUT2D eigenvalue weighted by atomic mass is 10.0. The van der Waals surface area contributed by atoms with E-state index < -0.39 is 0 Å². The molecular formula is C21H24Cl2FN3O. The van der Waals surface area contributed by atoms with Gasteiger partial charge in [0.2, 0.25) is 0 Å². The molecule has 0 bridgehead atoms. The predicted octanol–water partition coefficient (Wildman–Crippen LogP) is 4.36. The highest BCUT2D eigenvalue weighted by Gasteiger charge is 2.19. The van der Waals surface area contributed by atoms with Gasteiger partial charge in [0.05, 0.1) is 29.5 Å². The third-order valence-electron chi connectivity index (χ3n) is 4.90. The molecule has 3 aromatic rings. The van der Waals surface area contributed by atoms with Gasteiger partial charge in [0, 0.05) is 6.54 Å². The molecule has 150 valence electrons. The van der Waals surface area contributed by atoms with Gasteiger partial charge in [0.15, 0.2) is 0 Å². The quantitative estimate of drug-likeness (QED) is 0.613. The third-order valence-corrected chi connectivity index (χ3v) is 4.90. The number of halogens is 3. The van der Waals surface area contributed by atoms with Crippen LogP contribution < -0.4 is 5.32 Å². The Bertz CT molecular complexity index is 944. The molecule has 0 amide bonds. The van der Waals surface area contributed by atoms with Crippen LogP contribution in [0.3, 0.4) is 0 Å². The molecule has 1 fully saturated rings. The molecule has 0 unspecified atom stereocenters. The number of allylic oxidation sites excluding steroid dienone is 1. The number of nitrogens with one attached hydrogen (secondary N) is 1. The molecule has 0 saturated carbocycles. The number of fused-ring (bicyclic) bond motifs is 1. The summed E-state index contributed by atoms with van der Waals surface area (Å²) in [5, 5.41) is 13.3. The molecule has 1 aliphatic heterocycles. The van der Waals surface area contributed by atoms with Crippen molar-refractivity contribution in [3.63, 3.8) is 0 Å². The van der Waals surface area contributed by atoms with Gasteiger partial charge in [-0.3, -0.25) is 0 Å².